The molecule has 9 fully saturated rings. The number of carboxylic acids is 1. The van der Waals surface area contributed by atoms with Crippen molar-refractivity contribution >= 4 is 5.97 Å². The number of carboxylic acid groups (broad SMARTS) is 1. The number of hydrogen-bond donors (Lipinski definition) is 14. The summed E-state index contributed by atoms with van der Waals surface area (Å²) >= 11 is 0. The Labute approximate surface area is 490 Å². The Morgan fingerprint density at radius 3 is 1.82 bits per heavy atom. The van der Waals surface area contributed by atoms with Crippen molar-refractivity contribution in [1.29, 1.82) is 0 Å². The minimum absolute atomic E-state index is 0.00326. The van der Waals surface area contributed by atoms with E-state index >= 15 is 0 Å². The van der Waals surface area contributed by atoms with Crippen molar-refractivity contribution in [2.75, 3.05) is 19.8 Å². The summed E-state index contributed by atoms with van der Waals surface area (Å²) in [5.74, 6) is -0.166. The van der Waals surface area contributed by atoms with Crippen molar-refractivity contribution in [2.24, 2.45) is 50.2 Å². The summed E-state index contributed by atoms with van der Waals surface area (Å²) in [6.07, 6.45) is -29.6. The predicted molar refractivity (Wildman–Crippen MR) is 287 cm³/mol. The van der Waals surface area contributed by atoms with Crippen molar-refractivity contribution < 1.29 is 124 Å². The van der Waals surface area contributed by atoms with E-state index in [1.807, 2.05) is 0 Å². The van der Waals surface area contributed by atoms with E-state index in [0.717, 1.165) is 44.9 Å². The van der Waals surface area contributed by atoms with Crippen LogP contribution < -0.4 is 0 Å². The maximum absolute atomic E-state index is 13.2. The van der Waals surface area contributed by atoms with Gasteiger partial charge in [-0.1, -0.05) is 60.1 Å². The summed E-state index contributed by atoms with van der Waals surface area (Å²) in [5, 5.41) is 153. The molecule has 32 atom stereocenters. The van der Waals surface area contributed by atoms with Gasteiger partial charge in [-0.2, -0.15) is 0 Å². The van der Waals surface area contributed by atoms with E-state index in [0.29, 0.717) is 25.2 Å². The fourth-order valence-corrected chi connectivity index (χ4v) is 17.6. The van der Waals surface area contributed by atoms with Gasteiger partial charge in [-0.15, -0.1) is 0 Å². The van der Waals surface area contributed by atoms with E-state index in [-0.39, 0.29) is 40.1 Å². The van der Waals surface area contributed by atoms with Gasteiger partial charge in [0.1, 0.15) is 104 Å². The average molecular weight is 1210 g/mol. The average Bonchev–Trinajstić information content (AvgIpc) is 0.729. The highest BCUT2D eigenvalue weighted by molar-refractivity contribution is 5.76. The molecule has 5 aliphatic carbocycles. The van der Waals surface area contributed by atoms with Crippen molar-refractivity contribution in [3.05, 3.63) is 11.6 Å². The molecule has 0 aromatic rings. The van der Waals surface area contributed by atoms with Crippen LogP contribution in [-0.4, -0.2) is 251 Å². The summed E-state index contributed by atoms with van der Waals surface area (Å²) in [6, 6.07) is 0. The van der Waals surface area contributed by atoms with Gasteiger partial charge in [-0.3, -0.25) is 4.79 Å². The van der Waals surface area contributed by atoms with E-state index in [1.165, 1.54) is 19.4 Å². The molecule has 482 valence electrons. The van der Waals surface area contributed by atoms with E-state index in [1.54, 1.807) is 0 Å². The summed E-state index contributed by atoms with van der Waals surface area (Å²) in [6.45, 7) is 17.3. The largest absolute Gasteiger partial charge is 0.481 e. The lowest BCUT2D eigenvalue weighted by molar-refractivity contribution is -0.391. The molecule has 3 unspecified atom stereocenters. The van der Waals surface area contributed by atoms with Crippen molar-refractivity contribution in [1.82, 2.24) is 0 Å². The van der Waals surface area contributed by atoms with Gasteiger partial charge < -0.3 is 119 Å². The monoisotopic (exact) mass is 1200 g/mol. The van der Waals surface area contributed by atoms with Crippen LogP contribution in [-0.2, 0) is 52.2 Å². The second-order valence-electron chi connectivity index (χ2n) is 28.7. The zero-order chi connectivity index (χ0) is 61.3. The lowest BCUT2D eigenvalue weighted by Gasteiger charge is -2.71. The molecule has 14 N–H and O–H groups in total. The third-order valence-electron chi connectivity index (χ3n) is 23.1. The van der Waals surface area contributed by atoms with E-state index in [9.17, 15) is 76.3 Å². The van der Waals surface area contributed by atoms with Gasteiger partial charge in [-0.25, -0.2) is 0 Å². The van der Waals surface area contributed by atoms with Crippen LogP contribution in [0.15, 0.2) is 11.6 Å². The number of fused-ring (bicyclic) bond motifs is 7. The van der Waals surface area contributed by atoms with E-state index in [2.05, 4.69) is 54.5 Å². The van der Waals surface area contributed by atoms with E-state index in [4.69, 9.17) is 47.4 Å². The van der Waals surface area contributed by atoms with Gasteiger partial charge in [0.2, 0.25) is 0 Å². The molecule has 25 nitrogen and oxygen atoms in total. The maximum Gasteiger partial charge on any atom is 0.310 e. The molecule has 84 heavy (non-hydrogen) atoms. The fraction of sp³-hybridized carbons (Fsp3) is 0.949. The third kappa shape index (κ3) is 10.9. The van der Waals surface area contributed by atoms with Crippen molar-refractivity contribution in [3.8, 4) is 0 Å². The second kappa shape index (κ2) is 23.8. The number of carbonyl (C=O) groups is 1. The van der Waals surface area contributed by atoms with Crippen LogP contribution in [0.3, 0.4) is 0 Å². The minimum atomic E-state index is -2.07. The topological polar surface area (TPSA) is 393 Å². The molecule has 4 saturated carbocycles. The number of rotatable bonds is 13. The third-order valence-corrected chi connectivity index (χ3v) is 23.1. The summed E-state index contributed by atoms with van der Waals surface area (Å²) in [7, 11) is 0. The second-order valence-corrected chi connectivity index (χ2v) is 28.7. The van der Waals surface area contributed by atoms with Crippen LogP contribution in [0.2, 0.25) is 0 Å². The van der Waals surface area contributed by atoms with Crippen LogP contribution in [0.25, 0.3) is 0 Å². The zero-order valence-electron chi connectivity index (χ0n) is 49.7. The Kier molecular flexibility index (Phi) is 18.5. The molecule has 5 heterocycles. The van der Waals surface area contributed by atoms with Gasteiger partial charge >= 0.3 is 5.97 Å². The van der Waals surface area contributed by atoms with Crippen molar-refractivity contribution in [2.45, 2.75) is 280 Å². The first-order valence-corrected chi connectivity index (χ1v) is 30.5. The molecule has 0 aromatic carbocycles. The smallest absolute Gasteiger partial charge is 0.310 e. The van der Waals surface area contributed by atoms with Gasteiger partial charge in [-0.05, 0) is 123 Å². The summed E-state index contributed by atoms with van der Waals surface area (Å²) in [5.41, 5.74) is -0.144. The van der Waals surface area contributed by atoms with Crippen LogP contribution >= 0.6 is 0 Å². The van der Waals surface area contributed by atoms with Crippen LogP contribution in [0, 0.1) is 50.2 Å². The fourth-order valence-electron chi connectivity index (χ4n) is 17.6. The Bertz CT molecular complexity index is 2340. The number of allylic oxidation sites excluding steroid dienone is 2. The van der Waals surface area contributed by atoms with Crippen molar-refractivity contribution in [3.63, 3.8) is 0 Å². The highest BCUT2D eigenvalue weighted by Gasteiger charge is 2.70. The first-order valence-electron chi connectivity index (χ1n) is 30.5. The predicted octanol–water partition coefficient (Wildman–Crippen LogP) is -0.951. The quantitative estimate of drug-likeness (QED) is 0.0781. The number of aliphatic hydroxyl groups is 13. The molecule has 0 aromatic heterocycles. The summed E-state index contributed by atoms with van der Waals surface area (Å²) < 4.78 is 59.6. The molecule has 5 aliphatic heterocycles. The molecule has 0 amide bonds. The van der Waals surface area contributed by atoms with Crippen LogP contribution in [0.5, 0.6) is 0 Å². The Balaban J connectivity index is 0.796. The summed E-state index contributed by atoms with van der Waals surface area (Å²) in [4.78, 5) is 13.2. The maximum atomic E-state index is 13.2. The number of hydrogen-bond acceptors (Lipinski definition) is 24. The van der Waals surface area contributed by atoms with Gasteiger partial charge in [0.15, 0.2) is 31.5 Å². The molecule has 0 radical (unpaired) electrons. The van der Waals surface area contributed by atoms with Gasteiger partial charge in [0, 0.05) is 0 Å². The molecule has 10 rings (SSSR count). The number of aliphatic carboxylic acids is 1. The lowest BCUT2D eigenvalue weighted by atomic mass is 9.33. The highest BCUT2D eigenvalue weighted by Crippen LogP contribution is 2.76. The molecule has 25 heteroatoms. The minimum Gasteiger partial charge on any atom is -0.481 e. The molecule has 5 saturated heterocycles. The molecule has 0 bridgehead atoms. The number of aliphatic hydroxyl groups excluding tert-OH is 13. The van der Waals surface area contributed by atoms with Crippen LogP contribution in [0.1, 0.15) is 127 Å². The molecular weight excluding hydrogens is 1110 g/mol. The van der Waals surface area contributed by atoms with Gasteiger partial charge in [0.05, 0.1) is 43.5 Å². The molecule has 10 aliphatic rings. The normalized spacial score (nSPS) is 54.7. The highest BCUT2D eigenvalue weighted by atomic mass is 16.8. The van der Waals surface area contributed by atoms with E-state index < -0.39 is 184 Å². The number of ether oxygens (including phenoxy) is 10. The van der Waals surface area contributed by atoms with Crippen LogP contribution in [0.4, 0.5) is 0 Å². The SMILES string of the molecule is C[C@H]1O[C@H](OC[C@@H]2O[C@H](O[C@@H]3[C@@H](O)[C@H](O)[C@@H](O[C@H]4[C@H](O)[C@@H](O[C@H]5[C@H](O[C@@H]6CC[C@]7(C)C(CC[C@@]8(C)C7CC=C7C9CC(C)(C)CC[C@@]9(C(=O)O)CC[C@@]78C)C6(C)C)OC[C@@H](O)[C@@H]5O)O[C@H](C)[C@H]4O)O[C@H]3CO)[C@@H](O)[C@H](O)[C@H]2O)[C@@H](O)[C@H](O)[C@@H]1O. The van der Waals surface area contributed by atoms with Gasteiger partial charge in [0.25, 0.3) is 0 Å². The Hall–Kier alpha value is -1.71. The first-order chi connectivity index (χ1) is 39.3. The lowest BCUT2D eigenvalue weighted by Crippen LogP contribution is -2.67. The Morgan fingerprint density at radius 2 is 1.14 bits per heavy atom. The molecule has 0 spiro atoms. The molecular formula is C59H96O25. The zero-order valence-corrected chi connectivity index (χ0v) is 49.7. The Morgan fingerprint density at radius 1 is 0.560 bits per heavy atom. The first kappa shape index (κ1) is 65.2. The standard InChI is InChI=1S/C59H96O25/c1-24-34(62)38(66)41(69)48(77-24)76-23-30-37(65)39(67)42(70)49(80-30)82-45-29(21-60)79-50(43(71)40(45)68)83-46-35(63)25(2)78-51(44(46)72)84-47-36(64)28(61)22-75-52(47)81-33-13-14-56(7)31(55(33,5)6)12-15-58(9)32(56)11-10-26-27-20-54(3,4)16-18-59(27,53(73)74)19-17-57(26,58)8/h10,24-25,27-52,60-72H,11-23H2,1-9H3,(H,73,74)/t24-,25-,27?,28-,29+,30+,31?,32?,33-,34-,35-,36+,37+,38-,39-,40+,41+,42+,43+,44+,45+,46-,47-,48+,49-,50-,51-,52+,56-,57+,58+,59-/m1/s1.